The maximum atomic E-state index is 4.51. The predicted molar refractivity (Wildman–Crippen MR) is 82.8 cm³/mol. The van der Waals surface area contributed by atoms with Gasteiger partial charge in [-0.15, -0.1) is 11.3 Å². The maximum Gasteiger partial charge on any atom is 0.127 e. The molecule has 2 aromatic rings. The average molecular weight is 277 g/mol. The molecule has 1 N–H and O–H groups in total. The number of likely N-dealkylation sites (N-methyl/N-ethyl adjacent to an activating group) is 1. The minimum Gasteiger partial charge on any atom is -0.314 e. The lowest BCUT2D eigenvalue weighted by molar-refractivity contribution is 0.422. The summed E-state index contributed by atoms with van der Waals surface area (Å²) in [5.74, 6) is 0.700. The zero-order chi connectivity index (χ0) is 13.8. The van der Waals surface area contributed by atoms with Crippen LogP contribution in [0.1, 0.15) is 37.8 Å². The molecule has 1 atom stereocenters. The van der Waals surface area contributed by atoms with Crippen LogP contribution in [-0.4, -0.2) is 22.6 Å². The summed E-state index contributed by atoms with van der Waals surface area (Å²) in [7, 11) is 0. The Hall–Kier alpha value is -1.00. The predicted octanol–water partition coefficient (Wildman–Crippen LogP) is 3.57. The fourth-order valence-corrected chi connectivity index (χ4v) is 3.39. The van der Waals surface area contributed by atoms with Crippen molar-refractivity contribution >= 4 is 21.6 Å². The molecule has 0 aliphatic rings. The smallest absolute Gasteiger partial charge is 0.127 e. The Bertz CT molecular complexity index is 533. The highest BCUT2D eigenvalue weighted by molar-refractivity contribution is 7.18. The number of hydrogen-bond acceptors (Lipinski definition) is 4. The molecule has 4 heteroatoms. The zero-order valence-electron chi connectivity index (χ0n) is 12.2. The third kappa shape index (κ3) is 3.74. The molecule has 0 amide bonds. The number of thiophene rings is 1. The molecule has 0 aromatic carbocycles. The van der Waals surface area contributed by atoms with Crippen molar-refractivity contribution in [1.29, 1.82) is 0 Å². The third-order valence-corrected chi connectivity index (χ3v) is 4.18. The Morgan fingerprint density at radius 2 is 2.11 bits per heavy atom. The van der Waals surface area contributed by atoms with Crippen LogP contribution in [0.25, 0.3) is 10.2 Å². The second-order valence-electron chi connectivity index (χ2n) is 5.48. The summed E-state index contributed by atoms with van der Waals surface area (Å²) in [6.07, 6.45) is 3.87. The zero-order valence-corrected chi connectivity index (χ0v) is 13.0. The molecule has 0 aliphatic carbocycles. The molecule has 0 bridgehead atoms. The average Bonchev–Trinajstić information content (AvgIpc) is 2.70. The molecule has 3 nitrogen and oxygen atoms in total. The summed E-state index contributed by atoms with van der Waals surface area (Å²) < 4.78 is 0. The first kappa shape index (κ1) is 14.4. The number of nitrogens with one attached hydrogen (secondary N) is 1. The molecule has 0 saturated heterocycles. The Labute approximate surface area is 119 Å². The summed E-state index contributed by atoms with van der Waals surface area (Å²) in [5, 5.41) is 4.81. The molecular weight excluding hydrogens is 254 g/mol. The quantitative estimate of drug-likeness (QED) is 0.877. The van der Waals surface area contributed by atoms with Crippen molar-refractivity contribution in [3.8, 4) is 0 Å². The summed E-state index contributed by atoms with van der Waals surface area (Å²) >= 11 is 1.75. The lowest BCUT2D eigenvalue weighted by Crippen LogP contribution is -2.32. The van der Waals surface area contributed by atoms with Crippen LogP contribution in [0.2, 0.25) is 0 Å². The van der Waals surface area contributed by atoms with Gasteiger partial charge in [0.15, 0.2) is 0 Å². The minimum absolute atomic E-state index is 0.503. The van der Waals surface area contributed by atoms with E-state index in [9.17, 15) is 0 Å². The van der Waals surface area contributed by atoms with Gasteiger partial charge in [0.2, 0.25) is 0 Å². The van der Waals surface area contributed by atoms with Crippen molar-refractivity contribution in [2.45, 2.75) is 46.6 Å². The first-order valence-electron chi connectivity index (χ1n) is 7.03. The number of fused-ring (bicyclic) bond motifs is 1. The van der Waals surface area contributed by atoms with E-state index >= 15 is 0 Å². The molecule has 2 heterocycles. The fraction of sp³-hybridized carbons (Fsp3) is 0.600. The Balaban J connectivity index is 2.22. The van der Waals surface area contributed by atoms with Crippen LogP contribution in [0.3, 0.4) is 0 Å². The van der Waals surface area contributed by atoms with Gasteiger partial charge in [0.1, 0.15) is 11.2 Å². The van der Waals surface area contributed by atoms with Crippen molar-refractivity contribution in [3.05, 3.63) is 23.0 Å². The topological polar surface area (TPSA) is 37.8 Å². The van der Waals surface area contributed by atoms with Gasteiger partial charge in [-0.05, 0) is 31.9 Å². The van der Waals surface area contributed by atoms with Crippen molar-refractivity contribution in [1.82, 2.24) is 15.3 Å². The van der Waals surface area contributed by atoms with Crippen LogP contribution in [0.4, 0.5) is 0 Å². The van der Waals surface area contributed by atoms with Crippen LogP contribution in [0, 0.1) is 12.8 Å². The van der Waals surface area contributed by atoms with E-state index in [1.165, 1.54) is 22.4 Å². The second-order valence-corrected chi connectivity index (χ2v) is 6.72. The van der Waals surface area contributed by atoms with Gasteiger partial charge in [-0.1, -0.05) is 20.8 Å². The van der Waals surface area contributed by atoms with Gasteiger partial charge < -0.3 is 5.32 Å². The van der Waals surface area contributed by atoms with Crippen LogP contribution in [0.5, 0.6) is 0 Å². The van der Waals surface area contributed by atoms with Gasteiger partial charge in [0.05, 0.1) is 5.69 Å². The highest BCUT2D eigenvalue weighted by Gasteiger charge is 2.14. The van der Waals surface area contributed by atoms with Crippen molar-refractivity contribution in [2.75, 3.05) is 6.54 Å². The monoisotopic (exact) mass is 277 g/mol. The van der Waals surface area contributed by atoms with Crippen LogP contribution in [0.15, 0.2) is 12.4 Å². The third-order valence-electron chi connectivity index (χ3n) is 3.22. The normalized spacial score (nSPS) is 13.3. The highest BCUT2D eigenvalue weighted by atomic mass is 32.1. The Morgan fingerprint density at radius 1 is 1.32 bits per heavy atom. The molecule has 2 aromatic heterocycles. The van der Waals surface area contributed by atoms with E-state index in [4.69, 9.17) is 0 Å². The summed E-state index contributed by atoms with van der Waals surface area (Å²) in [6, 6.07) is 2.72. The standard InChI is InChI=1S/C15H23N3S/c1-5-16-12(6-10(2)3)8-14-13-7-11(4)19-15(13)18-9-17-14/h7,9-10,12,16H,5-6,8H2,1-4H3. The van der Waals surface area contributed by atoms with E-state index in [0.29, 0.717) is 12.0 Å². The van der Waals surface area contributed by atoms with Crippen molar-refractivity contribution in [3.63, 3.8) is 0 Å². The number of aryl methyl sites for hydroxylation is 1. The molecule has 1 unspecified atom stereocenters. The first-order chi connectivity index (χ1) is 9.10. The number of nitrogens with zero attached hydrogens (tertiary/aromatic N) is 2. The first-order valence-corrected chi connectivity index (χ1v) is 7.85. The molecule has 0 saturated carbocycles. The van der Waals surface area contributed by atoms with E-state index in [2.05, 4.69) is 49.0 Å². The molecule has 19 heavy (non-hydrogen) atoms. The van der Waals surface area contributed by atoms with E-state index in [1.807, 2.05) is 0 Å². The fourth-order valence-electron chi connectivity index (χ4n) is 2.52. The largest absolute Gasteiger partial charge is 0.314 e. The van der Waals surface area contributed by atoms with Crippen LogP contribution < -0.4 is 5.32 Å². The summed E-state index contributed by atoms with van der Waals surface area (Å²) in [4.78, 5) is 11.3. The maximum absolute atomic E-state index is 4.51. The summed E-state index contributed by atoms with van der Waals surface area (Å²) in [6.45, 7) is 9.85. The lowest BCUT2D eigenvalue weighted by atomic mass is 9.98. The molecular formula is C15H23N3S. The lowest BCUT2D eigenvalue weighted by Gasteiger charge is -2.19. The minimum atomic E-state index is 0.503. The van der Waals surface area contributed by atoms with Gasteiger partial charge in [0, 0.05) is 22.7 Å². The molecule has 0 aliphatic heterocycles. The van der Waals surface area contributed by atoms with E-state index in [1.54, 1.807) is 17.7 Å². The molecule has 0 fully saturated rings. The number of aromatic nitrogens is 2. The van der Waals surface area contributed by atoms with E-state index in [0.717, 1.165) is 17.8 Å². The van der Waals surface area contributed by atoms with Gasteiger partial charge in [-0.3, -0.25) is 0 Å². The molecule has 104 valence electrons. The number of hydrogen-bond donors (Lipinski definition) is 1. The van der Waals surface area contributed by atoms with Gasteiger partial charge >= 0.3 is 0 Å². The Morgan fingerprint density at radius 3 is 2.79 bits per heavy atom. The van der Waals surface area contributed by atoms with Gasteiger partial charge in [-0.25, -0.2) is 9.97 Å². The van der Waals surface area contributed by atoms with Crippen molar-refractivity contribution in [2.24, 2.45) is 5.92 Å². The van der Waals surface area contributed by atoms with Crippen molar-refractivity contribution < 1.29 is 0 Å². The van der Waals surface area contributed by atoms with Crippen LogP contribution in [-0.2, 0) is 6.42 Å². The molecule has 0 radical (unpaired) electrons. The highest BCUT2D eigenvalue weighted by Crippen LogP contribution is 2.25. The SMILES string of the molecule is CCNC(Cc1ncnc2sc(C)cc12)CC(C)C. The van der Waals surface area contributed by atoms with E-state index < -0.39 is 0 Å². The molecule has 0 spiro atoms. The summed E-state index contributed by atoms with van der Waals surface area (Å²) in [5.41, 5.74) is 1.18. The Kier molecular flexibility index (Phi) is 4.88. The van der Waals surface area contributed by atoms with Gasteiger partial charge in [-0.2, -0.15) is 0 Å². The van der Waals surface area contributed by atoms with Crippen LogP contribution >= 0.6 is 11.3 Å². The molecule has 2 rings (SSSR count). The number of rotatable bonds is 6. The van der Waals surface area contributed by atoms with Gasteiger partial charge in [0.25, 0.3) is 0 Å². The van der Waals surface area contributed by atoms with E-state index in [-0.39, 0.29) is 0 Å². The second kappa shape index (κ2) is 6.44.